The van der Waals surface area contributed by atoms with Crippen molar-refractivity contribution < 1.29 is 18.1 Å². The SMILES string of the molecule is CC1(c2noc(-c3ccc(F)c4cn[nH]c34)n2)CCCN(c2ccc(F)cc2)C(=O)C1. The number of H-pyrrole nitrogens is 1. The van der Waals surface area contributed by atoms with Crippen LogP contribution in [0.1, 0.15) is 32.0 Å². The van der Waals surface area contributed by atoms with E-state index in [0.717, 1.165) is 6.42 Å². The van der Waals surface area contributed by atoms with E-state index in [4.69, 9.17) is 4.52 Å². The van der Waals surface area contributed by atoms with Gasteiger partial charge in [-0.1, -0.05) is 12.1 Å². The number of nitrogens with one attached hydrogen (secondary N) is 1. The summed E-state index contributed by atoms with van der Waals surface area (Å²) in [6.45, 7) is 2.46. The van der Waals surface area contributed by atoms with Gasteiger partial charge in [-0.2, -0.15) is 10.1 Å². The van der Waals surface area contributed by atoms with Gasteiger partial charge in [0.1, 0.15) is 11.6 Å². The molecule has 0 spiro atoms. The van der Waals surface area contributed by atoms with Gasteiger partial charge in [-0.05, 0) is 49.2 Å². The first kappa shape index (κ1) is 19.3. The number of fused-ring (bicyclic) bond motifs is 1. The highest BCUT2D eigenvalue weighted by atomic mass is 19.1. The van der Waals surface area contributed by atoms with Crippen LogP contribution < -0.4 is 4.90 Å². The van der Waals surface area contributed by atoms with Gasteiger partial charge in [-0.15, -0.1) is 0 Å². The molecule has 1 atom stereocenters. The van der Waals surface area contributed by atoms with E-state index in [1.165, 1.54) is 24.4 Å². The Kier molecular flexibility index (Phi) is 4.53. The maximum absolute atomic E-state index is 14.0. The van der Waals surface area contributed by atoms with Crippen LogP contribution in [0.25, 0.3) is 22.4 Å². The molecule has 2 aromatic carbocycles. The third kappa shape index (κ3) is 3.35. The fourth-order valence-corrected chi connectivity index (χ4v) is 4.11. The molecule has 5 rings (SSSR count). The molecule has 0 saturated carbocycles. The van der Waals surface area contributed by atoms with Crippen LogP contribution in [-0.2, 0) is 10.2 Å². The third-order valence-electron chi connectivity index (χ3n) is 5.85. The quantitative estimate of drug-likeness (QED) is 0.529. The highest BCUT2D eigenvalue weighted by Crippen LogP contribution is 2.37. The third-order valence-corrected chi connectivity index (χ3v) is 5.85. The Morgan fingerprint density at radius 2 is 1.97 bits per heavy atom. The van der Waals surface area contributed by atoms with Gasteiger partial charge >= 0.3 is 0 Å². The summed E-state index contributed by atoms with van der Waals surface area (Å²) in [6.07, 6.45) is 3.00. The number of anilines is 1. The minimum absolute atomic E-state index is 0.0873. The fourth-order valence-electron chi connectivity index (χ4n) is 4.11. The van der Waals surface area contributed by atoms with Crippen LogP contribution in [0, 0.1) is 11.6 Å². The van der Waals surface area contributed by atoms with Crippen molar-refractivity contribution in [1.82, 2.24) is 20.3 Å². The molecule has 1 saturated heterocycles. The van der Waals surface area contributed by atoms with E-state index in [-0.39, 0.29) is 24.0 Å². The molecule has 1 N–H and O–H groups in total. The Morgan fingerprint density at radius 1 is 1.16 bits per heavy atom. The van der Waals surface area contributed by atoms with E-state index >= 15 is 0 Å². The minimum atomic E-state index is -0.624. The first-order chi connectivity index (χ1) is 14.9. The molecular weight excluding hydrogens is 404 g/mol. The van der Waals surface area contributed by atoms with Gasteiger partial charge in [-0.25, -0.2) is 8.78 Å². The van der Waals surface area contributed by atoms with Gasteiger partial charge in [0.2, 0.25) is 5.91 Å². The van der Waals surface area contributed by atoms with Gasteiger partial charge in [0, 0.05) is 24.1 Å². The molecule has 1 amide bonds. The Labute approximate surface area is 176 Å². The summed E-state index contributed by atoms with van der Waals surface area (Å²) < 4.78 is 32.7. The first-order valence-electron chi connectivity index (χ1n) is 9.97. The summed E-state index contributed by atoms with van der Waals surface area (Å²) in [6, 6.07) is 8.78. The highest BCUT2D eigenvalue weighted by Gasteiger charge is 2.38. The molecule has 31 heavy (non-hydrogen) atoms. The summed E-state index contributed by atoms with van der Waals surface area (Å²) in [5.74, 6) is -0.168. The van der Waals surface area contributed by atoms with Crippen LogP contribution >= 0.6 is 0 Å². The number of amides is 1. The van der Waals surface area contributed by atoms with Crippen molar-refractivity contribution in [2.45, 2.75) is 31.6 Å². The van der Waals surface area contributed by atoms with E-state index < -0.39 is 11.2 Å². The lowest BCUT2D eigenvalue weighted by molar-refractivity contribution is -0.119. The van der Waals surface area contributed by atoms with E-state index in [1.807, 2.05) is 6.92 Å². The Hall–Kier alpha value is -3.62. The van der Waals surface area contributed by atoms with Crippen LogP contribution in [0.4, 0.5) is 14.5 Å². The van der Waals surface area contributed by atoms with Gasteiger partial charge in [0.15, 0.2) is 5.82 Å². The average molecular weight is 423 g/mol. The van der Waals surface area contributed by atoms with E-state index in [9.17, 15) is 13.6 Å². The monoisotopic (exact) mass is 423 g/mol. The summed E-state index contributed by atoms with van der Waals surface area (Å²) in [5, 5.41) is 11.1. The molecule has 7 nitrogen and oxygen atoms in total. The zero-order valence-corrected chi connectivity index (χ0v) is 16.7. The standard InChI is InChI=1S/C22H19F2N5O2/c1-22(9-2-10-29(18(30)11-22)14-5-3-13(23)4-6-14)21-26-20(31-28-21)15-7-8-17(24)16-12-25-27-19(15)16/h3-8,12H,2,9-11H2,1H3,(H,25,27). The molecule has 1 aliphatic rings. The second kappa shape index (κ2) is 7.26. The number of aromatic nitrogens is 4. The first-order valence-corrected chi connectivity index (χ1v) is 9.97. The summed E-state index contributed by atoms with van der Waals surface area (Å²) in [7, 11) is 0. The second-order valence-electron chi connectivity index (χ2n) is 8.04. The normalized spacial score (nSPS) is 19.7. The molecule has 9 heteroatoms. The van der Waals surface area contributed by atoms with Gasteiger partial charge < -0.3 is 9.42 Å². The number of hydrogen-bond acceptors (Lipinski definition) is 5. The fraction of sp³-hybridized carbons (Fsp3) is 0.273. The minimum Gasteiger partial charge on any atom is -0.334 e. The zero-order valence-electron chi connectivity index (χ0n) is 16.7. The van der Waals surface area contributed by atoms with Crippen molar-refractivity contribution in [3.63, 3.8) is 0 Å². The molecule has 1 unspecified atom stereocenters. The van der Waals surface area contributed by atoms with Crippen molar-refractivity contribution in [2.75, 3.05) is 11.4 Å². The number of carbonyl (C=O) groups excluding carboxylic acids is 1. The zero-order chi connectivity index (χ0) is 21.6. The number of rotatable bonds is 3. The maximum Gasteiger partial charge on any atom is 0.260 e. The molecule has 2 aromatic heterocycles. The molecule has 4 aromatic rings. The molecule has 0 radical (unpaired) electrons. The molecule has 0 aliphatic carbocycles. The predicted octanol–water partition coefficient (Wildman–Crippen LogP) is 4.37. The number of carbonyl (C=O) groups is 1. The molecule has 1 aliphatic heterocycles. The molecular formula is C22H19F2N5O2. The van der Waals surface area contributed by atoms with Crippen molar-refractivity contribution >= 4 is 22.5 Å². The lowest BCUT2D eigenvalue weighted by Gasteiger charge is -2.24. The van der Waals surface area contributed by atoms with Crippen LogP contribution in [-0.4, -0.2) is 32.8 Å². The van der Waals surface area contributed by atoms with Crippen LogP contribution in [0.5, 0.6) is 0 Å². The van der Waals surface area contributed by atoms with E-state index in [2.05, 4.69) is 20.3 Å². The average Bonchev–Trinajstić information content (AvgIpc) is 3.40. The number of aromatic amines is 1. The molecule has 3 heterocycles. The van der Waals surface area contributed by atoms with Crippen molar-refractivity contribution in [2.24, 2.45) is 0 Å². The summed E-state index contributed by atoms with van der Waals surface area (Å²) >= 11 is 0. The summed E-state index contributed by atoms with van der Waals surface area (Å²) in [4.78, 5) is 19.3. The molecule has 1 fully saturated rings. The summed E-state index contributed by atoms with van der Waals surface area (Å²) in [5.41, 5.74) is 1.06. The van der Waals surface area contributed by atoms with Crippen LogP contribution in [0.15, 0.2) is 47.1 Å². The topological polar surface area (TPSA) is 87.9 Å². The number of halogens is 2. The van der Waals surface area contributed by atoms with Gasteiger partial charge in [0.05, 0.1) is 22.7 Å². The lowest BCUT2D eigenvalue weighted by atomic mass is 9.82. The van der Waals surface area contributed by atoms with Gasteiger partial charge in [0.25, 0.3) is 5.89 Å². The van der Waals surface area contributed by atoms with E-state index in [0.29, 0.717) is 40.9 Å². The van der Waals surface area contributed by atoms with Crippen LogP contribution in [0.2, 0.25) is 0 Å². The Morgan fingerprint density at radius 3 is 2.77 bits per heavy atom. The highest BCUT2D eigenvalue weighted by molar-refractivity contribution is 5.94. The van der Waals surface area contributed by atoms with Crippen molar-refractivity contribution in [3.8, 4) is 11.5 Å². The smallest absolute Gasteiger partial charge is 0.260 e. The van der Waals surface area contributed by atoms with Gasteiger partial charge in [-0.3, -0.25) is 9.89 Å². The lowest BCUT2D eigenvalue weighted by Crippen LogP contribution is -2.33. The number of benzene rings is 2. The largest absolute Gasteiger partial charge is 0.334 e. The van der Waals surface area contributed by atoms with Crippen LogP contribution in [0.3, 0.4) is 0 Å². The maximum atomic E-state index is 14.0. The van der Waals surface area contributed by atoms with Crippen molar-refractivity contribution in [3.05, 3.63) is 60.1 Å². The Bertz CT molecular complexity index is 1270. The molecule has 158 valence electrons. The predicted molar refractivity (Wildman–Crippen MR) is 109 cm³/mol. The number of nitrogens with zero attached hydrogens (tertiary/aromatic N) is 4. The van der Waals surface area contributed by atoms with E-state index in [1.54, 1.807) is 23.1 Å². The Balaban J connectivity index is 1.44. The number of hydrogen-bond donors (Lipinski definition) is 1. The van der Waals surface area contributed by atoms with Crippen molar-refractivity contribution in [1.29, 1.82) is 0 Å². The molecule has 0 bridgehead atoms. The second-order valence-corrected chi connectivity index (χ2v) is 8.04.